The molecule has 3 fully saturated rings. The van der Waals surface area contributed by atoms with Gasteiger partial charge >= 0.3 is 6.09 Å². The average molecular weight is 534 g/mol. The number of amides is 1. The van der Waals surface area contributed by atoms with Gasteiger partial charge in [-0.05, 0) is 84.9 Å². The van der Waals surface area contributed by atoms with E-state index in [2.05, 4.69) is 40.7 Å². The second-order valence-electron chi connectivity index (χ2n) is 14.1. The highest BCUT2D eigenvalue weighted by molar-refractivity contribution is 5.67. The molecule has 4 rings (SSSR count). The van der Waals surface area contributed by atoms with E-state index in [9.17, 15) is 20.1 Å². The molecule has 3 saturated carbocycles. The molecule has 0 aromatic heterocycles. The van der Waals surface area contributed by atoms with Crippen molar-refractivity contribution in [2.75, 3.05) is 26.3 Å². The highest BCUT2D eigenvalue weighted by Crippen LogP contribution is 2.67. The Balaban J connectivity index is 1.45. The zero-order chi connectivity index (χ0) is 27.7. The standard InChI is InChI=1S/C32H55NO5/c1-21(2)7-6-8-22(3)25-9-10-26-29-27(12-14-32(25,26)5)31(4)13-11-24(19-23(31)20-28(29)36)38-30(37)33(15-17-34)16-18-35/h20-22,24-29,34-36H,6-19H2,1-5H3/t22-,24+,25-,26+,27+,28+,29+,31+,32-/m1/s1. The summed E-state index contributed by atoms with van der Waals surface area (Å²) < 4.78 is 5.84. The fraction of sp³-hybridized carbons (Fsp3) is 0.906. The molecule has 0 heterocycles. The summed E-state index contributed by atoms with van der Waals surface area (Å²) in [5.41, 5.74) is 1.66. The van der Waals surface area contributed by atoms with Gasteiger partial charge in [0.15, 0.2) is 0 Å². The molecule has 0 aromatic carbocycles. The maximum atomic E-state index is 12.7. The lowest BCUT2D eigenvalue weighted by Gasteiger charge is -2.59. The van der Waals surface area contributed by atoms with Crippen LogP contribution in [0.5, 0.6) is 0 Å². The Morgan fingerprint density at radius 2 is 1.74 bits per heavy atom. The fourth-order valence-corrected chi connectivity index (χ4v) is 9.49. The van der Waals surface area contributed by atoms with Crippen molar-refractivity contribution in [3.8, 4) is 0 Å². The predicted molar refractivity (Wildman–Crippen MR) is 150 cm³/mol. The van der Waals surface area contributed by atoms with Gasteiger partial charge in [0, 0.05) is 19.5 Å². The van der Waals surface area contributed by atoms with E-state index >= 15 is 0 Å². The van der Waals surface area contributed by atoms with E-state index in [1.165, 1.54) is 55.4 Å². The maximum Gasteiger partial charge on any atom is 0.410 e. The molecule has 4 aliphatic carbocycles. The van der Waals surface area contributed by atoms with Crippen LogP contribution in [0.4, 0.5) is 4.79 Å². The first-order valence-corrected chi connectivity index (χ1v) is 15.6. The van der Waals surface area contributed by atoms with Crippen LogP contribution < -0.4 is 0 Å². The van der Waals surface area contributed by atoms with Crippen LogP contribution in [0.3, 0.4) is 0 Å². The first-order chi connectivity index (χ1) is 18.0. The second-order valence-corrected chi connectivity index (χ2v) is 14.1. The average Bonchev–Trinajstić information content (AvgIpc) is 3.21. The Bertz CT molecular complexity index is 838. The monoisotopic (exact) mass is 533 g/mol. The molecule has 0 bridgehead atoms. The lowest BCUT2D eigenvalue weighted by atomic mass is 9.46. The van der Waals surface area contributed by atoms with E-state index in [1.54, 1.807) is 0 Å². The largest absolute Gasteiger partial charge is 0.446 e. The summed E-state index contributed by atoms with van der Waals surface area (Å²) in [7, 11) is 0. The van der Waals surface area contributed by atoms with E-state index in [-0.39, 0.29) is 37.8 Å². The third kappa shape index (κ3) is 5.69. The molecule has 0 saturated heterocycles. The summed E-state index contributed by atoms with van der Waals surface area (Å²) in [4.78, 5) is 14.1. The van der Waals surface area contributed by atoms with Gasteiger partial charge in [-0.1, -0.05) is 65.5 Å². The first kappa shape index (κ1) is 29.9. The number of nitrogens with zero attached hydrogens (tertiary/aromatic N) is 1. The predicted octanol–water partition coefficient (Wildman–Crippen LogP) is 5.79. The third-order valence-corrected chi connectivity index (χ3v) is 11.6. The van der Waals surface area contributed by atoms with Crippen LogP contribution in [0.1, 0.15) is 98.8 Å². The summed E-state index contributed by atoms with van der Waals surface area (Å²) in [6.07, 6.45) is 12.5. The zero-order valence-electron chi connectivity index (χ0n) is 24.7. The number of ether oxygens (including phenoxy) is 1. The molecule has 0 aromatic rings. The second kappa shape index (κ2) is 12.2. The minimum atomic E-state index is -0.468. The zero-order valence-corrected chi connectivity index (χ0v) is 24.7. The number of fused-ring (bicyclic) bond motifs is 5. The summed E-state index contributed by atoms with van der Waals surface area (Å²) in [6.45, 7) is 12.1. The van der Waals surface area contributed by atoms with Crippen LogP contribution in [0.15, 0.2) is 11.6 Å². The molecule has 9 atom stereocenters. The van der Waals surface area contributed by atoms with Crippen LogP contribution >= 0.6 is 0 Å². The van der Waals surface area contributed by atoms with Gasteiger partial charge < -0.3 is 25.0 Å². The molecule has 1 amide bonds. The van der Waals surface area contributed by atoms with Crippen molar-refractivity contribution in [2.45, 2.75) is 111 Å². The molecule has 0 aliphatic heterocycles. The Kier molecular flexibility index (Phi) is 9.57. The lowest BCUT2D eigenvalue weighted by molar-refractivity contribution is -0.0979. The molecule has 0 radical (unpaired) electrons. The van der Waals surface area contributed by atoms with E-state index in [0.717, 1.165) is 30.6 Å². The number of hydrogen-bond donors (Lipinski definition) is 3. The quantitative estimate of drug-likeness (QED) is 0.309. The minimum absolute atomic E-state index is 0.0605. The molecular weight excluding hydrogens is 478 g/mol. The number of aliphatic hydroxyl groups excluding tert-OH is 3. The van der Waals surface area contributed by atoms with E-state index < -0.39 is 12.2 Å². The Hall–Kier alpha value is -1.11. The minimum Gasteiger partial charge on any atom is -0.446 e. The molecule has 0 spiro atoms. The number of aliphatic hydroxyl groups is 3. The molecular formula is C32H55NO5. The molecule has 6 nitrogen and oxygen atoms in total. The number of carbonyl (C=O) groups excluding carboxylic acids is 1. The highest BCUT2D eigenvalue weighted by atomic mass is 16.6. The van der Waals surface area contributed by atoms with E-state index in [4.69, 9.17) is 4.74 Å². The van der Waals surface area contributed by atoms with Crippen molar-refractivity contribution in [3.05, 3.63) is 11.6 Å². The van der Waals surface area contributed by atoms with Gasteiger partial charge in [0.2, 0.25) is 0 Å². The van der Waals surface area contributed by atoms with Crippen LogP contribution in [-0.4, -0.2) is 64.8 Å². The van der Waals surface area contributed by atoms with Crippen molar-refractivity contribution < 1.29 is 24.9 Å². The smallest absolute Gasteiger partial charge is 0.410 e. The SMILES string of the molecule is CC(C)CCC[C@@H](C)[C@H]1CC[C@H]2[C@@H]3[C@@H](O)C=C4C[C@@H](OC(=O)N(CCO)CCO)CC[C@]4(C)[C@H]3CC[C@]12C. The van der Waals surface area contributed by atoms with Crippen LogP contribution in [-0.2, 0) is 4.74 Å². The Morgan fingerprint density at radius 3 is 2.39 bits per heavy atom. The summed E-state index contributed by atoms with van der Waals surface area (Å²) >= 11 is 0. The number of rotatable bonds is 10. The van der Waals surface area contributed by atoms with Crippen molar-refractivity contribution in [1.82, 2.24) is 4.90 Å². The first-order valence-electron chi connectivity index (χ1n) is 15.6. The topological polar surface area (TPSA) is 90.2 Å². The van der Waals surface area contributed by atoms with Gasteiger partial charge in [0.1, 0.15) is 6.10 Å². The maximum absolute atomic E-state index is 12.7. The Labute approximate surface area is 231 Å². The molecule has 218 valence electrons. The normalized spacial score (nSPS) is 39.1. The molecule has 4 aliphatic rings. The van der Waals surface area contributed by atoms with Crippen molar-refractivity contribution in [3.63, 3.8) is 0 Å². The molecule has 0 unspecified atom stereocenters. The highest BCUT2D eigenvalue weighted by Gasteiger charge is 2.61. The van der Waals surface area contributed by atoms with Gasteiger partial charge in [-0.15, -0.1) is 0 Å². The molecule has 3 N–H and O–H groups in total. The summed E-state index contributed by atoms with van der Waals surface area (Å²) in [5, 5.41) is 30.1. The fourth-order valence-electron chi connectivity index (χ4n) is 9.49. The van der Waals surface area contributed by atoms with E-state index in [1.807, 2.05) is 0 Å². The van der Waals surface area contributed by atoms with Crippen molar-refractivity contribution in [2.24, 2.45) is 46.3 Å². The van der Waals surface area contributed by atoms with Gasteiger partial charge in [-0.25, -0.2) is 4.79 Å². The number of carbonyl (C=O) groups is 1. The van der Waals surface area contributed by atoms with Gasteiger partial charge in [0.25, 0.3) is 0 Å². The number of hydrogen-bond acceptors (Lipinski definition) is 5. The lowest BCUT2D eigenvalue weighted by Crippen LogP contribution is -2.55. The van der Waals surface area contributed by atoms with Crippen LogP contribution in [0.2, 0.25) is 0 Å². The molecule has 6 heteroatoms. The van der Waals surface area contributed by atoms with E-state index in [0.29, 0.717) is 29.6 Å². The van der Waals surface area contributed by atoms with Crippen LogP contribution in [0, 0.1) is 46.3 Å². The summed E-state index contributed by atoms with van der Waals surface area (Å²) in [5.74, 6) is 3.71. The van der Waals surface area contributed by atoms with Gasteiger partial charge in [0.05, 0.1) is 19.3 Å². The van der Waals surface area contributed by atoms with Crippen LogP contribution in [0.25, 0.3) is 0 Å². The Morgan fingerprint density at radius 1 is 1.03 bits per heavy atom. The van der Waals surface area contributed by atoms with Crippen molar-refractivity contribution >= 4 is 6.09 Å². The molecule has 38 heavy (non-hydrogen) atoms. The van der Waals surface area contributed by atoms with Gasteiger partial charge in [-0.2, -0.15) is 0 Å². The third-order valence-electron chi connectivity index (χ3n) is 11.6. The van der Waals surface area contributed by atoms with Gasteiger partial charge in [-0.3, -0.25) is 0 Å². The van der Waals surface area contributed by atoms with Crippen molar-refractivity contribution in [1.29, 1.82) is 0 Å². The summed E-state index contributed by atoms with van der Waals surface area (Å²) in [6, 6.07) is 0.